The van der Waals surface area contributed by atoms with Gasteiger partial charge in [-0.05, 0) is 53.6 Å². The minimum absolute atomic E-state index is 0.00299. The van der Waals surface area contributed by atoms with Gasteiger partial charge in [-0.1, -0.05) is 41.4 Å². The van der Waals surface area contributed by atoms with E-state index in [0.717, 1.165) is 0 Å². The van der Waals surface area contributed by atoms with Crippen molar-refractivity contribution in [3.8, 4) is 17.4 Å². The molecule has 0 N–H and O–H groups in total. The molecule has 0 aliphatic heterocycles. The van der Waals surface area contributed by atoms with E-state index < -0.39 is 5.97 Å². The van der Waals surface area contributed by atoms with E-state index in [2.05, 4.69) is 6.07 Å². The maximum atomic E-state index is 11.0. The molecule has 0 atom stereocenters. The fourth-order valence-corrected chi connectivity index (χ4v) is 2.70. The van der Waals surface area contributed by atoms with Crippen LogP contribution in [-0.2, 0) is 0 Å². The number of hydrogen-bond donors (Lipinski definition) is 0. The fraction of sp³-hybridized carbons (Fsp3) is 0. The molecule has 0 bridgehead atoms. The summed E-state index contributed by atoms with van der Waals surface area (Å²) in [6.07, 6.45) is 1.59. The second-order valence-corrected chi connectivity index (χ2v) is 6.20. The van der Waals surface area contributed by atoms with Crippen molar-refractivity contribution in [1.82, 2.24) is 0 Å². The molecule has 26 heavy (non-hydrogen) atoms. The summed E-state index contributed by atoms with van der Waals surface area (Å²) >= 11 is 12.0. The van der Waals surface area contributed by atoms with Crippen LogP contribution < -0.4 is 5.11 Å². The third-order valence-corrected chi connectivity index (χ3v) is 4.24. The standard InChI is InChI=1S/C20H11Cl2NO3/c21-15-4-1-12(2-5-15)14(11-23)9-16-6-8-19(26-16)17-10-13(20(24)25)3-7-18(17)22/h1-10H,(H,24,25)/p-1/b14-9-. The summed E-state index contributed by atoms with van der Waals surface area (Å²) in [6, 6.07) is 16.5. The number of nitrogens with zero attached hydrogens (tertiary/aromatic N) is 1. The van der Waals surface area contributed by atoms with Crippen LogP contribution in [0.1, 0.15) is 21.7 Å². The Kier molecular flexibility index (Phi) is 5.13. The maximum Gasteiger partial charge on any atom is 0.136 e. The molecular weight excluding hydrogens is 373 g/mol. The number of carboxylic acids is 1. The van der Waals surface area contributed by atoms with E-state index in [1.807, 2.05) is 0 Å². The quantitative estimate of drug-likeness (QED) is 0.613. The summed E-state index contributed by atoms with van der Waals surface area (Å²) in [5.74, 6) is -0.483. The Morgan fingerprint density at radius 1 is 1.04 bits per heavy atom. The second-order valence-electron chi connectivity index (χ2n) is 5.36. The number of allylic oxidation sites excluding steroid dienone is 1. The van der Waals surface area contributed by atoms with E-state index in [1.165, 1.54) is 18.2 Å². The lowest BCUT2D eigenvalue weighted by Gasteiger charge is -2.06. The Labute approximate surface area is 159 Å². The van der Waals surface area contributed by atoms with Gasteiger partial charge in [-0.2, -0.15) is 5.26 Å². The van der Waals surface area contributed by atoms with E-state index in [1.54, 1.807) is 42.5 Å². The first-order valence-electron chi connectivity index (χ1n) is 7.47. The number of carbonyl (C=O) groups is 1. The Morgan fingerprint density at radius 2 is 1.73 bits per heavy atom. The number of carbonyl (C=O) groups excluding carboxylic acids is 1. The Hall–Kier alpha value is -3.00. The molecule has 2 aromatic carbocycles. The summed E-state index contributed by atoms with van der Waals surface area (Å²) in [5.41, 5.74) is 1.53. The van der Waals surface area contributed by atoms with E-state index in [4.69, 9.17) is 27.6 Å². The van der Waals surface area contributed by atoms with Gasteiger partial charge in [0.25, 0.3) is 0 Å². The van der Waals surface area contributed by atoms with Gasteiger partial charge < -0.3 is 14.3 Å². The number of aromatic carboxylic acids is 1. The molecule has 3 aromatic rings. The normalized spacial score (nSPS) is 11.2. The maximum absolute atomic E-state index is 11.0. The lowest BCUT2D eigenvalue weighted by atomic mass is 10.1. The fourth-order valence-electron chi connectivity index (χ4n) is 2.37. The van der Waals surface area contributed by atoms with Crippen LogP contribution >= 0.6 is 23.2 Å². The van der Waals surface area contributed by atoms with E-state index >= 15 is 0 Å². The van der Waals surface area contributed by atoms with Crippen molar-refractivity contribution in [3.63, 3.8) is 0 Å². The van der Waals surface area contributed by atoms with Crippen molar-refractivity contribution < 1.29 is 14.3 Å². The van der Waals surface area contributed by atoms with Crippen LogP contribution in [-0.4, -0.2) is 5.97 Å². The highest BCUT2D eigenvalue weighted by Gasteiger charge is 2.11. The van der Waals surface area contributed by atoms with Gasteiger partial charge in [-0.25, -0.2) is 0 Å². The molecule has 0 saturated heterocycles. The minimum atomic E-state index is -1.30. The smallest absolute Gasteiger partial charge is 0.136 e. The molecule has 0 fully saturated rings. The summed E-state index contributed by atoms with van der Waals surface area (Å²) in [4.78, 5) is 11.0. The minimum Gasteiger partial charge on any atom is -0.545 e. The van der Waals surface area contributed by atoms with Crippen molar-refractivity contribution in [1.29, 1.82) is 5.26 Å². The molecule has 0 spiro atoms. The highest BCUT2D eigenvalue weighted by atomic mass is 35.5. The van der Waals surface area contributed by atoms with Crippen molar-refractivity contribution >= 4 is 40.8 Å². The molecule has 128 valence electrons. The number of nitriles is 1. The van der Waals surface area contributed by atoms with Gasteiger partial charge in [0.15, 0.2) is 0 Å². The molecule has 6 heteroatoms. The Bertz CT molecular complexity index is 1040. The first-order valence-corrected chi connectivity index (χ1v) is 8.22. The monoisotopic (exact) mass is 382 g/mol. The zero-order valence-corrected chi connectivity index (χ0v) is 14.7. The van der Waals surface area contributed by atoms with Crippen LogP contribution in [0.3, 0.4) is 0 Å². The zero-order chi connectivity index (χ0) is 18.7. The van der Waals surface area contributed by atoms with Gasteiger partial charge in [-0.15, -0.1) is 0 Å². The van der Waals surface area contributed by atoms with Gasteiger partial charge in [0.1, 0.15) is 11.5 Å². The summed E-state index contributed by atoms with van der Waals surface area (Å²) in [7, 11) is 0. The van der Waals surface area contributed by atoms with E-state index in [0.29, 0.717) is 38.3 Å². The molecule has 0 amide bonds. The second kappa shape index (κ2) is 7.49. The summed E-state index contributed by atoms with van der Waals surface area (Å²) in [5, 5.41) is 21.3. The first-order chi connectivity index (χ1) is 12.5. The molecule has 1 heterocycles. The zero-order valence-electron chi connectivity index (χ0n) is 13.2. The Morgan fingerprint density at radius 3 is 2.38 bits per heavy atom. The molecule has 3 rings (SSSR count). The summed E-state index contributed by atoms with van der Waals surface area (Å²) in [6.45, 7) is 0. The predicted molar refractivity (Wildman–Crippen MR) is 98.4 cm³/mol. The van der Waals surface area contributed by atoms with Crippen molar-refractivity contribution in [2.75, 3.05) is 0 Å². The number of carboxylic acid groups (broad SMARTS) is 1. The van der Waals surface area contributed by atoms with Crippen LogP contribution in [0.15, 0.2) is 59.0 Å². The van der Waals surface area contributed by atoms with Gasteiger partial charge in [0, 0.05) is 10.6 Å². The SMILES string of the molecule is N#C/C(=C/c1ccc(-c2cc(C(=O)[O-])ccc2Cl)o1)c1ccc(Cl)cc1. The lowest BCUT2D eigenvalue weighted by molar-refractivity contribution is -0.255. The third-order valence-electron chi connectivity index (χ3n) is 3.66. The molecule has 0 aliphatic carbocycles. The topological polar surface area (TPSA) is 77.1 Å². The van der Waals surface area contributed by atoms with Crippen LogP contribution in [0.25, 0.3) is 23.0 Å². The van der Waals surface area contributed by atoms with Crippen LogP contribution in [0.2, 0.25) is 10.0 Å². The molecule has 0 aliphatic rings. The van der Waals surface area contributed by atoms with E-state index in [9.17, 15) is 15.2 Å². The third kappa shape index (κ3) is 3.80. The van der Waals surface area contributed by atoms with Crippen LogP contribution in [0.5, 0.6) is 0 Å². The molecule has 1 aromatic heterocycles. The van der Waals surface area contributed by atoms with Gasteiger partial charge >= 0.3 is 0 Å². The molecule has 0 saturated carbocycles. The molecular formula is C20H10Cl2NO3-. The van der Waals surface area contributed by atoms with Gasteiger partial charge in [-0.3, -0.25) is 0 Å². The van der Waals surface area contributed by atoms with Gasteiger partial charge in [0.2, 0.25) is 0 Å². The number of rotatable bonds is 4. The van der Waals surface area contributed by atoms with Gasteiger partial charge in [0.05, 0.1) is 22.6 Å². The van der Waals surface area contributed by atoms with Crippen molar-refractivity contribution in [3.05, 3.63) is 81.5 Å². The first kappa shape index (κ1) is 17.8. The number of halogens is 2. The van der Waals surface area contributed by atoms with Crippen molar-refractivity contribution in [2.24, 2.45) is 0 Å². The predicted octanol–water partition coefficient (Wildman–Crippen LogP) is 4.68. The lowest BCUT2D eigenvalue weighted by Crippen LogP contribution is -2.22. The number of benzene rings is 2. The number of furan rings is 1. The molecule has 4 nitrogen and oxygen atoms in total. The molecule has 0 radical (unpaired) electrons. The largest absolute Gasteiger partial charge is 0.545 e. The Balaban J connectivity index is 1.97. The van der Waals surface area contributed by atoms with Crippen molar-refractivity contribution in [2.45, 2.75) is 0 Å². The van der Waals surface area contributed by atoms with E-state index in [-0.39, 0.29) is 5.56 Å². The summed E-state index contributed by atoms with van der Waals surface area (Å²) < 4.78 is 5.71. The highest BCUT2D eigenvalue weighted by Crippen LogP contribution is 2.31. The van der Waals surface area contributed by atoms with Crippen LogP contribution in [0, 0.1) is 11.3 Å². The average Bonchev–Trinajstić information content (AvgIpc) is 3.09. The van der Waals surface area contributed by atoms with Crippen LogP contribution in [0.4, 0.5) is 0 Å². The average molecular weight is 383 g/mol. The number of hydrogen-bond acceptors (Lipinski definition) is 4. The highest BCUT2D eigenvalue weighted by molar-refractivity contribution is 6.33. The molecule has 0 unspecified atom stereocenters.